The molecular weight excluding hydrogens is 306 g/mol. The highest BCUT2D eigenvalue weighted by atomic mass is 16.5. The molecule has 2 unspecified atom stereocenters. The first-order valence-electron chi connectivity index (χ1n) is 8.31. The van der Waals surface area contributed by atoms with Crippen LogP contribution in [0.4, 0.5) is 5.69 Å². The first-order valence-corrected chi connectivity index (χ1v) is 8.31. The van der Waals surface area contributed by atoms with E-state index in [2.05, 4.69) is 10.6 Å². The molecule has 132 valence electrons. The highest BCUT2D eigenvalue weighted by Crippen LogP contribution is 2.33. The lowest BCUT2D eigenvalue weighted by atomic mass is 9.86. The van der Waals surface area contributed by atoms with E-state index in [-0.39, 0.29) is 23.3 Å². The number of anilines is 1. The van der Waals surface area contributed by atoms with E-state index in [9.17, 15) is 9.59 Å². The molecule has 0 aromatic heterocycles. The van der Waals surface area contributed by atoms with Crippen molar-refractivity contribution in [1.82, 2.24) is 5.32 Å². The van der Waals surface area contributed by atoms with Crippen LogP contribution in [-0.4, -0.2) is 24.0 Å². The van der Waals surface area contributed by atoms with Gasteiger partial charge in [0.25, 0.3) is 5.91 Å². The minimum atomic E-state index is -0.586. The Hall–Kier alpha value is -2.08. The third-order valence-electron chi connectivity index (χ3n) is 4.27. The number of hydrogen-bond donors (Lipinski definition) is 3. The van der Waals surface area contributed by atoms with Crippen LogP contribution in [0.1, 0.15) is 52.6 Å². The molecule has 1 aliphatic heterocycles. The molecule has 2 amide bonds. The number of amides is 2. The summed E-state index contributed by atoms with van der Waals surface area (Å²) in [7, 11) is 0. The molecule has 1 aliphatic rings. The number of benzene rings is 1. The minimum Gasteiger partial charge on any atom is -0.478 e. The lowest BCUT2D eigenvalue weighted by Crippen LogP contribution is -2.49. The monoisotopic (exact) mass is 333 g/mol. The van der Waals surface area contributed by atoms with Crippen molar-refractivity contribution in [2.45, 2.75) is 59.2 Å². The molecule has 0 saturated heterocycles. The summed E-state index contributed by atoms with van der Waals surface area (Å²) in [6, 6.07) is 4.71. The van der Waals surface area contributed by atoms with Crippen LogP contribution in [0.25, 0.3) is 0 Å². The Morgan fingerprint density at radius 3 is 2.67 bits per heavy atom. The van der Waals surface area contributed by atoms with Gasteiger partial charge in [0.05, 0.1) is 17.8 Å². The maximum absolute atomic E-state index is 12.3. The molecule has 6 heteroatoms. The summed E-state index contributed by atoms with van der Waals surface area (Å²) >= 11 is 0. The fraction of sp³-hybridized carbons (Fsp3) is 0.556. The molecule has 0 fully saturated rings. The lowest BCUT2D eigenvalue weighted by Gasteiger charge is -2.28. The number of nitrogens with two attached hydrogens (primary N) is 1. The highest BCUT2D eigenvalue weighted by molar-refractivity contribution is 5.97. The van der Waals surface area contributed by atoms with Crippen LogP contribution in [0, 0.1) is 5.41 Å². The third-order valence-corrected chi connectivity index (χ3v) is 4.27. The van der Waals surface area contributed by atoms with E-state index < -0.39 is 12.1 Å². The molecule has 24 heavy (non-hydrogen) atoms. The van der Waals surface area contributed by atoms with Crippen molar-refractivity contribution >= 4 is 17.5 Å². The zero-order valence-electron chi connectivity index (χ0n) is 15.0. The summed E-state index contributed by atoms with van der Waals surface area (Å²) in [5, 5.41) is 5.77. The van der Waals surface area contributed by atoms with Crippen molar-refractivity contribution in [2.24, 2.45) is 11.1 Å². The second-order valence-corrected chi connectivity index (χ2v) is 7.33. The summed E-state index contributed by atoms with van der Waals surface area (Å²) < 4.78 is 5.74. The van der Waals surface area contributed by atoms with Crippen LogP contribution < -0.4 is 21.1 Å². The van der Waals surface area contributed by atoms with Crippen molar-refractivity contribution in [3.05, 3.63) is 23.8 Å². The molecule has 0 aliphatic carbocycles. The first-order chi connectivity index (χ1) is 11.1. The Kier molecular flexibility index (Phi) is 5.18. The summed E-state index contributed by atoms with van der Waals surface area (Å²) in [5.74, 6) is 0.309. The Morgan fingerprint density at radius 2 is 2.08 bits per heavy atom. The van der Waals surface area contributed by atoms with E-state index in [0.717, 1.165) is 5.56 Å². The number of fused-ring (bicyclic) bond motifs is 1. The maximum Gasteiger partial charge on any atom is 0.265 e. The van der Waals surface area contributed by atoms with E-state index >= 15 is 0 Å². The fourth-order valence-electron chi connectivity index (χ4n) is 2.48. The standard InChI is InChI=1S/C18H27N3O3/c1-6-13-16(22)21-12-8-7-11(9-14(12)24-13)10(2)20-17(23)15(19)18(3,4)5/h7-10,13,15H,6,19H2,1-5H3,(H,20,23)(H,21,22)/t10?,13?,15-/m1/s1. The van der Waals surface area contributed by atoms with Gasteiger partial charge in [-0.25, -0.2) is 0 Å². The largest absolute Gasteiger partial charge is 0.478 e. The summed E-state index contributed by atoms with van der Waals surface area (Å²) in [6.07, 6.45) is 0.120. The molecule has 6 nitrogen and oxygen atoms in total. The molecule has 0 spiro atoms. The number of rotatable bonds is 4. The van der Waals surface area contributed by atoms with Gasteiger partial charge in [-0.15, -0.1) is 0 Å². The van der Waals surface area contributed by atoms with Crippen molar-refractivity contribution in [3.63, 3.8) is 0 Å². The normalized spacial score (nSPS) is 19.6. The van der Waals surface area contributed by atoms with Gasteiger partial charge >= 0.3 is 0 Å². The second-order valence-electron chi connectivity index (χ2n) is 7.33. The zero-order valence-corrected chi connectivity index (χ0v) is 15.0. The molecule has 3 atom stereocenters. The van der Waals surface area contributed by atoms with E-state index in [1.165, 1.54) is 0 Å². The zero-order chi connectivity index (χ0) is 18.1. The van der Waals surface area contributed by atoms with Crippen molar-refractivity contribution in [1.29, 1.82) is 0 Å². The van der Waals surface area contributed by atoms with Gasteiger partial charge < -0.3 is 21.1 Å². The van der Waals surface area contributed by atoms with E-state index in [1.54, 1.807) is 6.07 Å². The van der Waals surface area contributed by atoms with Crippen LogP contribution in [0.2, 0.25) is 0 Å². The maximum atomic E-state index is 12.3. The number of ether oxygens (including phenoxy) is 1. The summed E-state index contributed by atoms with van der Waals surface area (Å²) in [4.78, 5) is 24.1. The number of hydrogen-bond acceptors (Lipinski definition) is 4. The van der Waals surface area contributed by atoms with E-state index in [0.29, 0.717) is 17.9 Å². The van der Waals surface area contributed by atoms with Crippen LogP contribution in [0.3, 0.4) is 0 Å². The minimum absolute atomic E-state index is 0.129. The van der Waals surface area contributed by atoms with Gasteiger partial charge in [-0.3, -0.25) is 9.59 Å². The lowest BCUT2D eigenvalue weighted by molar-refractivity contribution is -0.125. The predicted octanol–water partition coefficient (Wildman–Crippen LogP) is 2.35. The summed E-state index contributed by atoms with van der Waals surface area (Å²) in [6.45, 7) is 9.59. The first kappa shape index (κ1) is 18.3. The van der Waals surface area contributed by atoms with E-state index in [4.69, 9.17) is 10.5 Å². The van der Waals surface area contributed by atoms with Gasteiger partial charge in [0.1, 0.15) is 5.75 Å². The molecule has 4 N–H and O–H groups in total. The van der Waals surface area contributed by atoms with Gasteiger partial charge in [-0.2, -0.15) is 0 Å². The number of carbonyl (C=O) groups is 2. The molecule has 0 saturated carbocycles. The molecule has 1 aromatic carbocycles. The second kappa shape index (κ2) is 6.81. The highest BCUT2D eigenvalue weighted by Gasteiger charge is 2.29. The van der Waals surface area contributed by atoms with Crippen LogP contribution in [-0.2, 0) is 9.59 Å². The van der Waals surface area contributed by atoms with Gasteiger partial charge in [-0.1, -0.05) is 33.8 Å². The molecule has 2 rings (SSSR count). The molecular formula is C18H27N3O3. The molecule has 0 bridgehead atoms. The van der Waals surface area contributed by atoms with Gasteiger partial charge in [0.2, 0.25) is 5.91 Å². The van der Waals surface area contributed by atoms with Crippen molar-refractivity contribution in [3.8, 4) is 5.75 Å². The van der Waals surface area contributed by atoms with Gasteiger partial charge in [0.15, 0.2) is 6.10 Å². The molecule has 1 heterocycles. The number of nitrogens with one attached hydrogen (secondary N) is 2. The molecule has 1 aromatic rings. The fourth-order valence-corrected chi connectivity index (χ4v) is 2.48. The molecule has 0 radical (unpaired) electrons. The predicted molar refractivity (Wildman–Crippen MR) is 93.8 cm³/mol. The smallest absolute Gasteiger partial charge is 0.265 e. The van der Waals surface area contributed by atoms with Crippen LogP contribution in [0.15, 0.2) is 18.2 Å². The number of carbonyl (C=O) groups excluding carboxylic acids is 2. The average Bonchev–Trinajstić information content (AvgIpc) is 2.51. The Bertz CT molecular complexity index is 637. The average molecular weight is 333 g/mol. The Balaban J connectivity index is 2.13. The third kappa shape index (κ3) is 3.87. The van der Waals surface area contributed by atoms with E-state index in [1.807, 2.05) is 46.8 Å². The topological polar surface area (TPSA) is 93.4 Å². The Labute approximate surface area is 143 Å². The Morgan fingerprint density at radius 1 is 1.42 bits per heavy atom. The summed E-state index contributed by atoms with van der Waals surface area (Å²) in [5.41, 5.74) is 7.24. The van der Waals surface area contributed by atoms with Gasteiger partial charge in [0, 0.05) is 0 Å². The SMILES string of the molecule is CCC1Oc2cc(C(C)NC(=O)[C@@H](N)C(C)(C)C)ccc2NC1=O. The van der Waals surface area contributed by atoms with Crippen molar-refractivity contribution in [2.75, 3.05) is 5.32 Å². The van der Waals surface area contributed by atoms with Crippen LogP contribution in [0.5, 0.6) is 5.75 Å². The van der Waals surface area contributed by atoms with Crippen LogP contribution >= 0.6 is 0 Å². The quantitative estimate of drug-likeness (QED) is 0.788. The van der Waals surface area contributed by atoms with Crippen molar-refractivity contribution < 1.29 is 14.3 Å². The van der Waals surface area contributed by atoms with Gasteiger partial charge in [-0.05, 0) is 36.5 Å².